The second-order valence-electron chi connectivity index (χ2n) is 9.04. The summed E-state index contributed by atoms with van der Waals surface area (Å²) in [6.07, 6.45) is -0.550. The Morgan fingerprint density at radius 2 is 1.74 bits per heavy atom. The Kier molecular flexibility index (Phi) is 12.2. The normalized spacial score (nSPS) is 14.4. The quantitative estimate of drug-likeness (QED) is 0.341. The topological polar surface area (TPSA) is 145 Å². The third-order valence-corrected chi connectivity index (χ3v) is 5.61. The summed E-state index contributed by atoms with van der Waals surface area (Å²) in [6, 6.07) is 6.22. The molecular formula is C25H39N5O5. The first-order valence-corrected chi connectivity index (χ1v) is 11.8. The second kappa shape index (κ2) is 14.3. The van der Waals surface area contributed by atoms with E-state index < -0.39 is 47.9 Å². The van der Waals surface area contributed by atoms with Gasteiger partial charge < -0.3 is 26.0 Å². The molecular weight excluding hydrogens is 450 g/mol. The van der Waals surface area contributed by atoms with E-state index >= 15 is 0 Å². The van der Waals surface area contributed by atoms with Gasteiger partial charge in [-0.3, -0.25) is 19.2 Å². The highest BCUT2D eigenvalue weighted by Gasteiger charge is 2.33. The van der Waals surface area contributed by atoms with Crippen molar-refractivity contribution in [3.05, 3.63) is 35.9 Å². The van der Waals surface area contributed by atoms with Crippen LogP contribution in [0.25, 0.3) is 0 Å². The van der Waals surface area contributed by atoms with Crippen molar-refractivity contribution < 1.29 is 24.3 Å². The fourth-order valence-corrected chi connectivity index (χ4v) is 3.72. The predicted molar refractivity (Wildman–Crippen MR) is 135 cm³/mol. The highest BCUT2D eigenvalue weighted by molar-refractivity contribution is 5.94. The average Bonchev–Trinajstić information content (AvgIpc) is 2.81. The van der Waals surface area contributed by atoms with Crippen molar-refractivity contribution >= 4 is 30.3 Å². The van der Waals surface area contributed by atoms with Crippen molar-refractivity contribution in [2.75, 3.05) is 20.1 Å². The molecule has 0 heterocycles. The summed E-state index contributed by atoms with van der Waals surface area (Å²) >= 11 is 0. The summed E-state index contributed by atoms with van der Waals surface area (Å²) in [5.41, 5.74) is 6.74. The molecule has 0 aliphatic carbocycles. The van der Waals surface area contributed by atoms with E-state index in [1.54, 1.807) is 6.92 Å². The highest BCUT2D eigenvalue weighted by Crippen LogP contribution is 2.12. The number of carbonyl (C=O) groups is 4. The molecule has 10 heteroatoms. The Bertz CT molecular complexity index is 874. The lowest BCUT2D eigenvalue weighted by Gasteiger charge is -2.32. The molecule has 1 rings (SSSR count). The molecule has 0 fully saturated rings. The standard InChI is InChI=1S/C25H39N5O5/c1-7-30(20(24(34)27-5)14-18-11-9-8-10-12-18)21(32)15-29(6)25(35)22(17(4)31)28-23(33)19(26)13-16(2)3/h8-12,16-17,19-20,22,31H,5,7,13-15,26H2,1-4,6H3,(H,28,33)/t17-,19?,20+,22+/m1/s1. The lowest BCUT2D eigenvalue weighted by atomic mass is 10.0. The molecule has 1 aromatic rings. The van der Waals surface area contributed by atoms with Gasteiger partial charge in [-0.1, -0.05) is 44.2 Å². The Hall–Kier alpha value is -3.11. The van der Waals surface area contributed by atoms with Gasteiger partial charge in [0.1, 0.15) is 12.1 Å². The number of rotatable bonds is 13. The zero-order valence-corrected chi connectivity index (χ0v) is 21.3. The summed E-state index contributed by atoms with van der Waals surface area (Å²) in [5.74, 6) is -2.06. The molecule has 0 aliphatic rings. The summed E-state index contributed by atoms with van der Waals surface area (Å²) in [6.45, 7) is 10.1. The van der Waals surface area contributed by atoms with E-state index in [4.69, 9.17) is 5.73 Å². The number of aliphatic imine (C=N–C) groups is 1. The third-order valence-electron chi connectivity index (χ3n) is 5.61. The summed E-state index contributed by atoms with van der Waals surface area (Å²) < 4.78 is 0. The summed E-state index contributed by atoms with van der Waals surface area (Å²) in [5, 5.41) is 12.6. The highest BCUT2D eigenvalue weighted by atomic mass is 16.3. The van der Waals surface area contributed by atoms with E-state index in [1.165, 1.54) is 18.9 Å². The lowest BCUT2D eigenvalue weighted by molar-refractivity contribution is -0.145. The predicted octanol–water partition coefficient (Wildman–Crippen LogP) is 0.371. The van der Waals surface area contributed by atoms with Crippen molar-refractivity contribution in [2.45, 2.75) is 64.8 Å². The van der Waals surface area contributed by atoms with Crippen LogP contribution in [0.5, 0.6) is 0 Å². The van der Waals surface area contributed by atoms with Gasteiger partial charge in [0.25, 0.3) is 5.91 Å². The van der Waals surface area contributed by atoms with E-state index in [0.717, 1.165) is 10.5 Å². The van der Waals surface area contributed by atoms with E-state index in [2.05, 4.69) is 17.0 Å². The number of likely N-dealkylation sites (N-methyl/N-ethyl adjacent to an activating group) is 2. The molecule has 0 aromatic heterocycles. The van der Waals surface area contributed by atoms with Crippen molar-refractivity contribution in [1.29, 1.82) is 0 Å². The molecule has 194 valence electrons. The number of hydrogen-bond donors (Lipinski definition) is 3. The number of aliphatic hydroxyl groups excluding tert-OH is 1. The van der Waals surface area contributed by atoms with Crippen molar-refractivity contribution in [1.82, 2.24) is 15.1 Å². The van der Waals surface area contributed by atoms with Crippen LogP contribution in [-0.2, 0) is 25.6 Å². The molecule has 35 heavy (non-hydrogen) atoms. The van der Waals surface area contributed by atoms with Crippen LogP contribution < -0.4 is 11.1 Å². The maximum absolute atomic E-state index is 13.1. The molecule has 0 saturated heterocycles. The maximum Gasteiger partial charge on any atom is 0.268 e. The SMILES string of the molecule is C=NC(=O)[C@H](Cc1ccccc1)N(CC)C(=O)CN(C)C(=O)[C@@H](NC(=O)C(N)CC(C)C)[C@@H](C)O. The van der Waals surface area contributed by atoms with Crippen molar-refractivity contribution in [3.8, 4) is 0 Å². The Morgan fingerprint density at radius 1 is 1.14 bits per heavy atom. The van der Waals surface area contributed by atoms with Crippen LogP contribution in [-0.4, -0.2) is 89.6 Å². The van der Waals surface area contributed by atoms with Gasteiger partial charge >= 0.3 is 0 Å². The number of amides is 4. The van der Waals surface area contributed by atoms with Gasteiger partial charge in [-0.25, -0.2) is 4.99 Å². The van der Waals surface area contributed by atoms with Crippen LogP contribution in [0.15, 0.2) is 35.3 Å². The molecule has 0 bridgehead atoms. The average molecular weight is 490 g/mol. The Labute approximate surface area is 207 Å². The van der Waals surface area contributed by atoms with Crippen molar-refractivity contribution in [3.63, 3.8) is 0 Å². The molecule has 4 atom stereocenters. The summed E-state index contributed by atoms with van der Waals surface area (Å²) in [7, 11) is 1.39. The van der Waals surface area contributed by atoms with Crippen LogP contribution in [0, 0.1) is 5.92 Å². The minimum absolute atomic E-state index is 0.174. The van der Waals surface area contributed by atoms with Gasteiger partial charge in [0.2, 0.25) is 17.7 Å². The number of nitrogens with zero attached hydrogens (tertiary/aromatic N) is 3. The van der Waals surface area contributed by atoms with Crippen molar-refractivity contribution in [2.24, 2.45) is 16.6 Å². The smallest absolute Gasteiger partial charge is 0.268 e. The van der Waals surface area contributed by atoms with Crippen LogP contribution >= 0.6 is 0 Å². The van der Waals surface area contributed by atoms with Gasteiger partial charge in [0.15, 0.2) is 0 Å². The molecule has 0 radical (unpaired) electrons. The second-order valence-corrected chi connectivity index (χ2v) is 9.04. The molecule has 1 aromatic carbocycles. The number of nitrogens with one attached hydrogen (secondary N) is 1. The molecule has 0 aliphatic heterocycles. The minimum Gasteiger partial charge on any atom is -0.391 e. The van der Waals surface area contributed by atoms with Crippen LogP contribution in [0.1, 0.15) is 39.7 Å². The Balaban J connectivity index is 2.98. The van der Waals surface area contributed by atoms with Gasteiger partial charge in [0, 0.05) is 20.0 Å². The number of benzene rings is 1. The number of aliphatic hydroxyl groups is 1. The Morgan fingerprint density at radius 3 is 2.23 bits per heavy atom. The summed E-state index contributed by atoms with van der Waals surface area (Å²) in [4.78, 5) is 57.0. The fourth-order valence-electron chi connectivity index (χ4n) is 3.72. The van der Waals surface area contributed by atoms with E-state index in [9.17, 15) is 24.3 Å². The van der Waals surface area contributed by atoms with Gasteiger partial charge in [-0.2, -0.15) is 0 Å². The minimum atomic E-state index is -1.27. The number of hydrogen-bond acceptors (Lipinski definition) is 6. The third kappa shape index (κ3) is 9.22. The molecule has 10 nitrogen and oxygen atoms in total. The fraction of sp³-hybridized carbons (Fsp3) is 0.560. The molecule has 0 spiro atoms. The zero-order valence-electron chi connectivity index (χ0n) is 21.3. The van der Waals surface area contributed by atoms with Crippen LogP contribution in [0.3, 0.4) is 0 Å². The maximum atomic E-state index is 13.1. The molecule has 4 N–H and O–H groups in total. The first-order valence-electron chi connectivity index (χ1n) is 11.8. The zero-order chi connectivity index (χ0) is 26.7. The molecule has 4 amide bonds. The van der Waals surface area contributed by atoms with E-state index in [0.29, 0.717) is 6.42 Å². The van der Waals surface area contributed by atoms with E-state index in [1.807, 2.05) is 44.2 Å². The first-order chi connectivity index (χ1) is 16.4. The van der Waals surface area contributed by atoms with E-state index in [-0.39, 0.29) is 25.4 Å². The van der Waals surface area contributed by atoms with Gasteiger partial charge in [0.05, 0.1) is 18.7 Å². The van der Waals surface area contributed by atoms with Gasteiger partial charge in [-0.05, 0) is 38.5 Å². The molecule has 0 saturated carbocycles. The number of carbonyl (C=O) groups excluding carboxylic acids is 4. The number of nitrogens with two attached hydrogens (primary N) is 1. The van der Waals surface area contributed by atoms with Gasteiger partial charge in [-0.15, -0.1) is 0 Å². The van der Waals surface area contributed by atoms with Crippen LogP contribution in [0.4, 0.5) is 0 Å². The molecule has 1 unspecified atom stereocenters. The monoisotopic (exact) mass is 489 g/mol. The lowest BCUT2D eigenvalue weighted by Crippen LogP contribution is -2.57. The first kappa shape index (κ1) is 29.9. The van der Waals surface area contributed by atoms with Crippen LogP contribution in [0.2, 0.25) is 0 Å². The largest absolute Gasteiger partial charge is 0.391 e.